The van der Waals surface area contributed by atoms with E-state index in [9.17, 15) is 4.79 Å². The van der Waals surface area contributed by atoms with Gasteiger partial charge < -0.3 is 15.8 Å². The SMILES string of the molecule is CC[C@@H](NC(=O)OC(C)(C)C)c1csc(N)n1. The van der Waals surface area contributed by atoms with Crippen LogP contribution < -0.4 is 11.1 Å². The Kier molecular flexibility index (Phi) is 4.34. The number of aromatic nitrogens is 1. The lowest BCUT2D eigenvalue weighted by molar-refractivity contribution is 0.0501. The first-order valence-corrected chi connectivity index (χ1v) is 6.40. The van der Waals surface area contributed by atoms with E-state index in [0.29, 0.717) is 5.13 Å². The Morgan fingerprint density at radius 3 is 2.71 bits per heavy atom. The van der Waals surface area contributed by atoms with E-state index in [4.69, 9.17) is 10.5 Å². The van der Waals surface area contributed by atoms with Crippen LogP contribution in [0.15, 0.2) is 5.38 Å². The summed E-state index contributed by atoms with van der Waals surface area (Å²) in [4.78, 5) is 15.8. The topological polar surface area (TPSA) is 77.2 Å². The van der Waals surface area contributed by atoms with E-state index in [1.807, 2.05) is 33.1 Å². The van der Waals surface area contributed by atoms with Gasteiger partial charge in [0.2, 0.25) is 0 Å². The normalized spacial score (nSPS) is 13.2. The molecular weight excluding hydrogens is 238 g/mol. The van der Waals surface area contributed by atoms with Gasteiger partial charge in [-0.05, 0) is 27.2 Å². The summed E-state index contributed by atoms with van der Waals surface area (Å²) in [6.07, 6.45) is 0.304. The van der Waals surface area contributed by atoms with Crippen molar-refractivity contribution in [2.24, 2.45) is 0 Å². The number of rotatable bonds is 3. The lowest BCUT2D eigenvalue weighted by Gasteiger charge is -2.22. The molecule has 17 heavy (non-hydrogen) atoms. The molecule has 1 rings (SSSR count). The first kappa shape index (κ1) is 13.8. The van der Waals surface area contributed by atoms with Crippen LogP contribution in [0.3, 0.4) is 0 Å². The molecule has 0 radical (unpaired) electrons. The van der Waals surface area contributed by atoms with Gasteiger partial charge >= 0.3 is 6.09 Å². The number of anilines is 1. The molecule has 96 valence electrons. The van der Waals surface area contributed by atoms with Crippen LogP contribution in [0.1, 0.15) is 45.9 Å². The third-order valence-electron chi connectivity index (χ3n) is 2.00. The van der Waals surface area contributed by atoms with Crippen molar-refractivity contribution in [3.63, 3.8) is 0 Å². The number of nitrogens with zero attached hydrogens (tertiary/aromatic N) is 1. The highest BCUT2D eigenvalue weighted by Gasteiger charge is 2.20. The molecule has 1 heterocycles. The first-order chi connectivity index (χ1) is 7.81. The molecule has 1 atom stereocenters. The third-order valence-corrected chi connectivity index (χ3v) is 2.69. The minimum absolute atomic E-state index is 0.154. The number of hydrogen-bond donors (Lipinski definition) is 2. The van der Waals surface area contributed by atoms with Gasteiger partial charge in [-0.1, -0.05) is 6.92 Å². The molecular formula is C11H19N3O2S. The second kappa shape index (κ2) is 5.35. The molecule has 6 heteroatoms. The number of thiazole rings is 1. The van der Waals surface area contributed by atoms with E-state index < -0.39 is 11.7 Å². The predicted octanol–water partition coefficient (Wildman–Crippen LogP) is 2.70. The van der Waals surface area contributed by atoms with E-state index in [1.165, 1.54) is 11.3 Å². The highest BCUT2D eigenvalue weighted by molar-refractivity contribution is 7.13. The van der Waals surface area contributed by atoms with Crippen LogP contribution in [-0.2, 0) is 4.74 Å². The van der Waals surface area contributed by atoms with E-state index in [2.05, 4.69) is 10.3 Å². The fourth-order valence-corrected chi connectivity index (χ4v) is 1.91. The quantitative estimate of drug-likeness (QED) is 0.872. The van der Waals surface area contributed by atoms with Crippen molar-refractivity contribution in [2.75, 3.05) is 5.73 Å². The smallest absolute Gasteiger partial charge is 0.408 e. The average Bonchev–Trinajstić information content (AvgIpc) is 2.58. The molecule has 0 aliphatic rings. The molecule has 0 unspecified atom stereocenters. The molecule has 0 bridgehead atoms. The predicted molar refractivity (Wildman–Crippen MR) is 68.9 cm³/mol. The van der Waals surface area contributed by atoms with Gasteiger partial charge in [-0.15, -0.1) is 11.3 Å². The van der Waals surface area contributed by atoms with E-state index in [1.54, 1.807) is 0 Å². The van der Waals surface area contributed by atoms with E-state index >= 15 is 0 Å². The number of hydrogen-bond acceptors (Lipinski definition) is 5. The van der Waals surface area contributed by atoms with Gasteiger partial charge in [0.05, 0.1) is 11.7 Å². The number of nitrogens with one attached hydrogen (secondary N) is 1. The lowest BCUT2D eigenvalue weighted by Crippen LogP contribution is -2.34. The van der Waals surface area contributed by atoms with Crippen molar-refractivity contribution in [1.29, 1.82) is 0 Å². The fourth-order valence-electron chi connectivity index (χ4n) is 1.30. The van der Waals surface area contributed by atoms with Crippen LogP contribution in [0.25, 0.3) is 0 Å². The van der Waals surface area contributed by atoms with Gasteiger partial charge in [-0.25, -0.2) is 9.78 Å². The molecule has 0 fully saturated rings. The third kappa shape index (κ3) is 4.60. The number of nitrogens with two attached hydrogens (primary N) is 1. The zero-order valence-corrected chi connectivity index (χ0v) is 11.4. The summed E-state index contributed by atoms with van der Waals surface area (Å²) in [5.41, 5.74) is 5.85. The summed E-state index contributed by atoms with van der Waals surface area (Å²) in [6, 6.07) is -0.154. The zero-order valence-electron chi connectivity index (χ0n) is 10.6. The number of carbonyl (C=O) groups excluding carboxylic acids is 1. The molecule has 0 saturated heterocycles. The van der Waals surface area contributed by atoms with Crippen LogP contribution >= 0.6 is 11.3 Å². The summed E-state index contributed by atoms with van der Waals surface area (Å²) in [5.74, 6) is 0. The number of ether oxygens (including phenoxy) is 1. The van der Waals surface area contributed by atoms with Crippen LogP contribution in [0.5, 0.6) is 0 Å². The maximum absolute atomic E-state index is 11.6. The van der Waals surface area contributed by atoms with Crippen molar-refractivity contribution < 1.29 is 9.53 Å². The second-order valence-corrected chi connectivity index (χ2v) is 5.61. The summed E-state index contributed by atoms with van der Waals surface area (Å²) < 4.78 is 5.19. The lowest BCUT2D eigenvalue weighted by atomic mass is 10.2. The van der Waals surface area contributed by atoms with Gasteiger partial charge in [0.15, 0.2) is 5.13 Å². The molecule has 0 spiro atoms. The molecule has 5 nitrogen and oxygen atoms in total. The van der Waals surface area contributed by atoms with Crippen LogP contribution in [0.2, 0.25) is 0 Å². The minimum atomic E-state index is -0.497. The number of carbonyl (C=O) groups is 1. The zero-order chi connectivity index (χ0) is 13.1. The van der Waals surface area contributed by atoms with Crippen molar-refractivity contribution in [3.05, 3.63) is 11.1 Å². The molecule has 0 aliphatic carbocycles. The monoisotopic (exact) mass is 257 g/mol. The first-order valence-electron chi connectivity index (χ1n) is 5.52. The Morgan fingerprint density at radius 1 is 1.65 bits per heavy atom. The highest BCUT2D eigenvalue weighted by atomic mass is 32.1. The van der Waals surface area contributed by atoms with Gasteiger partial charge in [0.1, 0.15) is 5.60 Å². The largest absolute Gasteiger partial charge is 0.444 e. The number of nitrogen functional groups attached to an aromatic ring is 1. The summed E-state index contributed by atoms with van der Waals surface area (Å²) >= 11 is 1.36. The molecule has 1 aromatic rings. The van der Waals surface area contributed by atoms with Crippen LogP contribution in [0.4, 0.5) is 9.93 Å². The molecule has 0 saturated carbocycles. The van der Waals surface area contributed by atoms with Crippen molar-refractivity contribution in [3.8, 4) is 0 Å². The second-order valence-electron chi connectivity index (χ2n) is 4.72. The van der Waals surface area contributed by atoms with Crippen molar-refractivity contribution >= 4 is 22.6 Å². The van der Waals surface area contributed by atoms with Gasteiger partial charge in [0, 0.05) is 5.38 Å². The Balaban J connectivity index is 2.62. The van der Waals surface area contributed by atoms with Crippen molar-refractivity contribution in [1.82, 2.24) is 10.3 Å². The van der Waals surface area contributed by atoms with Gasteiger partial charge in [0.25, 0.3) is 0 Å². The fraction of sp³-hybridized carbons (Fsp3) is 0.636. The molecule has 1 amide bonds. The van der Waals surface area contributed by atoms with E-state index in [0.717, 1.165) is 12.1 Å². The Labute approximate surface area is 105 Å². The van der Waals surface area contributed by atoms with Gasteiger partial charge in [-0.2, -0.15) is 0 Å². The minimum Gasteiger partial charge on any atom is -0.444 e. The molecule has 1 aromatic heterocycles. The summed E-state index contributed by atoms with van der Waals surface area (Å²) in [7, 11) is 0. The number of amides is 1. The molecule has 0 aromatic carbocycles. The average molecular weight is 257 g/mol. The summed E-state index contributed by atoms with van der Waals surface area (Å²) in [6.45, 7) is 7.45. The number of alkyl carbamates (subject to hydrolysis) is 1. The Morgan fingerprint density at radius 2 is 2.29 bits per heavy atom. The maximum Gasteiger partial charge on any atom is 0.408 e. The highest BCUT2D eigenvalue weighted by Crippen LogP contribution is 2.21. The van der Waals surface area contributed by atoms with Crippen molar-refractivity contribution in [2.45, 2.75) is 45.8 Å². The maximum atomic E-state index is 11.6. The Bertz CT molecular complexity index is 384. The summed E-state index contributed by atoms with van der Waals surface area (Å²) in [5, 5.41) is 5.13. The molecule has 3 N–H and O–H groups in total. The van der Waals surface area contributed by atoms with Gasteiger partial charge in [-0.3, -0.25) is 0 Å². The van der Waals surface area contributed by atoms with Crippen LogP contribution in [-0.4, -0.2) is 16.7 Å². The molecule has 0 aliphatic heterocycles. The Hall–Kier alpha value is -1.30. The standard InChI is InChI=1S/C11H19N3O2S/c1-5-7(8-6-17-9(12)13-8)14-10(15)16-11(2,3)4/h6-7H,5H2,1-4H3,(H2,12,13)(H,14,15)/t7-/m1/s1. The van der Waals surface area contributed by atoms with E-state index in [-0.39, 0.29) is 6.04 Å². The van der Waals surface area contributed by atoms with Crippen LogP contribution in [0, 0.1) is 0 Å².